The topological polar surface area (TPSA) is 26.0 Å². The van der Waals surface area contributed by atoms with Crippen molar-refractivity contribution < 1.29 is 0 Å². The van der Waals surface area contributed by atoms with Gasteiger partial charge in [-0.15, -0.1) is 0 Å². The summed E-state index contributed by atoms with van der Waals surface area (Å²) in [5, 5.41) is 2.30. The Morgan fingerprint density at radius 1 is 0.548 bits per heavy atom. The molecule has 5 aromatic carbocycles. The van der Waals surface area contributed by atoms with Crippen molar-refractivity contribution >= 4 is 16.5 Å². The van der Waals surface area contributed by atoms with E-state index in [4.69, 9.17) is 5.73 Å². The third-order valence-corrected chi connectivity index (χ3v) is 6.13. The van der Waals surface area contributed by atoms with Crippen LogP contribution in [0.2, 0.25) is 0 Å². The summed E-state index contributed by atoms with van der Waals surface area (Å²) in [6, 6.07) is 40.7. The Labute approximate surface area is 183 Å². The number of nitrogen functional groups attached to an aromatic ring is 1. The van der Waals surface area contributed by atoms with Gasteiger partial charge in [-0.2, -0.15) is 0 Å². The van der Waals surface area contributed by atoms with Crippen LogP contribution in [0.4, 0.5) is 5.69 Å². The molecule has 0 aliphatic carbocycles. The summed E-state index contributed by atoms with van der Waals surface area (Å²) in [4.78, 5) is 0. The van der Waals surface area contributed by atoms with E-state index in [0.717, 1.165) is 16.6 Å². The summed E-state index contributed by atoms with van der Waals surface area (Å²) < 4.78 is 0. The molecule has 0 unspecified atom stereocenters. The van der Waals surface area contributed by atoms with E-state index in [1.54, 1.807) is 0 Å². The zero-order valence-corrected chi connectivity index (χ0v) is 17.6. The normalized spacial score (nSPS) is 11.2. The van der Waals surface area contributed by atoms with E-state index in [-0.39, 0.29) is 5.92 Å². The van der Waals surface area contributed by atoms with Crippen molar-refractivity contribution in [1.82, 2.24) is 0 Å². The van der Waals surface area contributed by atoms with Gasteiger partial charge in [0.2, 0.25) is 0 Å². The van der Waals surface area contributed by atoms with E-state index >= 15 is 0 Å². The molecule has 2 N–H and O–H groups in total. The first-order valence-electron chi connectivity index (χ1n) is 10.7. The van der Waals surface area contributed by atoms with Gasteiger partial charge in [0.25, 0.3) is 0 Å². The molecular formula is C30H25N. The van der Waals surface area contributed by atoms with E-state index < -0.39 is 0 Å². The van der Waals surface area contributed by atoms with Gasteiger partial charge in [0.1, 0.15) is 0 Å². The fraction of sp³-hybridized carbons (Fsp3) is 0.0667. The van der Waals surface area contributed by atoms with Gasteiger partial charge in [-0.3, -0.25) is 0 Å². The lowest BCUT2D eigenvalue weighted by atomic mass is 9.81. The molecular weight excluding hydrogens is 374 g/mol. The summed E-state index contributed by atoms with van der Waals surface area (Å²) in [5.74, 6) is 0.0646. The summed E-state index contributed by atoms with van der Waals surface area (Å²) in [6.45, 7) is 2.17. The Morgan fingerprint density at radius 3 is 1.68 bits per heavy atom. The minimum atomic E-state index is 0.0646. The molecule has 0 bridgehead atoms. The summed E-state index contributed by atoms with van der Waals surface area (Å²) in [7, 11) is 0. The lowest BCUT2D eigenvalue weighted by Crippen LogP contribution is -2.08. The molecule has 0 fully saturated rings. The first-order valence-corrected chi connectivity index (χ1v) is 10.7. The van der Waals surface area contributed by atoms with Crippen LogP contribution in [0.1, 0.15) is 28.2 Å². The van der Waals surface area contributed by atoms with Crippen LogP contribution in [0.25, 0.3) is 21.9 Å². The third-order valence-electron chi connectivity index (χ3n) is 6.13. The fourth-order valence-electron chi connectivity index (χ4n) is 4.60. The van der Waals surface area contributed by atoms with Crippen molar-refractivity contribution in [3.05, 3.63) is 138 Å². The van der Waals surface area contributed by atoms with Crippen molar-refractivity contribution in [3.63, 3.8) is 0 Å². The number of nitrogens with two attached hydrogens (primary N) is 1. The minimum Gasteiger partial charge on any atom is -0.398 e. The van der Waals surface area contributed by atoms with Crippen LogP contribution in [-0.4, -0.2) is 0 Å². The number of hydrogen-bond donors (Lipinski definition) is 1. The number of anilines is 1. The van der Waals surface area contributed by atoms with Gasteiger partial charge >= 0.3 is 0 Å². The van der Waals surface area contributed by atoms with Gasteiger partial charge in [0, 0.05) is 17.0 Å². The Bertz CT molecular complexity index is 1300. The highest BCUT2D eigenvalue weighted by molar-refractivity contribution is 6.05. The van der Waals surface area contributed by atoms with E-state index in [1.807, 2.05) is 0 Å². The second-order valence-electron chi connectivity index (χ2n) is 8.04. The molecule has 0 aliphatic rings. The van der Waals surface area contributed by atoms with Crippen LogP contribution in [-0.2, 0) is 0 Å². The maximum absolute atomic E-state index is 6.88. The van der Waals surface area contributed by atoms with Crippen LogP contribution in [0.15, 0.2) is 115 Å². The molecule has 0 radical (unpaired) electrons. The molecule has 5 rings (SSSR count). The van der Waals surface area contributed by atoms with E-state index in [2.05, 4.69) is 122 Å². The molecule has 0 amide bonds. The van der Waals surface area contributed by atoms with E-state index in [0.29, 0.717) is 0 Å². The molecule has 150 valence electrons. The van der Waals surface area contributed by atoms with Gasteiger partial charge in [-0.05, 0) is 51.8 Å². The highest BCUT2D eigenvalue weighted by Crippen LogP contribution is 2.42. The van der Waals surface area contributed by atoms with Gasteiger partial charge in [0.15, 0.2) is 0 Å². The Balaban J connectivity index is 1.85. The Kier molecular flexibility index (Phi) is 5.01. The van der Waals surface area contributed by atoms with Crippen LogP contribution in [0.5, 0.6) is 0 Å². The Hall–Kier alpha value is -3.84. The van der Waals surface area contributed by atoms with Crippen LogP contribution in [0.3, 0.4) is 0 Å². The van der Waals surface area contributed by atoms with E-state index in [1.165, 1.54) is 33.2 Å². The minimum absolute atomic E-state index is 0.0646. The predicted molar refractivity (Wildman–Crippen MR) is 132 cm³/mol. The Morgan fingerprint density at radius 2 is 1.06 bits per heavy atom. The fourth-order valence-corrected chi connectivity index (χ4v) is 4.60. The van der Waals surface area contributed by atoms with E-state index in [9.17, 15) is 0 Å². The monoisotopic (exact) mass is 399 g/mol. The molecule has 5 aromatic rings. The van der Waals surface area contributed by atoms with Gasteiger partial charge < -0.3 is 5.73 Å². The number of rotatable bonds is 4. The summed E-state index contributed by atoms with van der Waals surface area (Å²) in [5.41, 5.74) is 15.1. The molecule has 31 heavy (non-hydrogen) atoms. The number of benzene rings is 5. The molecule has 0 aliphatic heterocycles. The zero-order chi connectivity index (χ0) is 21.2. The lowest BCUT2D eigenvalue weighted by Gasteiger charge is -2.24. The zero-order valence-electron chi connectivity index (χ0n) is 17.6. The third kappa shape index (κ3) is 3.49. The quantitative estimate of drug-likeness (QED) is 0.245. The van der Waals surface area contributed by atoms with Crippen molar-refractivity contribution in [1.29, 1.82) is 0 Å². The van der Waals surface area contributed by atoms with Gasteiger partial charge in [-0.1, -0.05) is 109 Å². The number of hydrogen-bond acceptors (Lipinski definition) is 1. The standard InChI is InChI=1S/C30H25N/c1-21-12-8-9-17-24(21)27-20-28(30(31)26-19-11-10-18-25(26)27)29(22-13-4-2-5-14-22)23-15-6-3-7-16-23/h2-20,29H,31H2,1H3. The van der Waals surface area contributed by atoms with Crippen LogP contribution >= 0.6 is 0 Å². The van der Waals surface area contributed by atoms with Crippen molar-refractivity contribution in [2.45, 2.75) is 12.8 Å². The molecule has 0 saturated carbocycles. The smallest absolute Gasteiger partial charge is 0.0436 e. The number of aryl methyl sites for hydroxylation is 1. The highest BCUT2D eigenvalue weighted by Gasteiger charge is 2.22. The summed E-state index contributed by atoms with van der Waals surface area (Å²) in [6.07, 6.45) is 0. The lowest BCUT2D eigenvalue weighted by molar-refractivity contribution is 0.984. The van der Waals surface area contributed by atoms with Crippen molar-refractivity contribution in [3.8, 4) is 11.1 Å². The largest absolute Gasteiger partial charge is 0.398 e. The first-order chi connectivity index (χ1) is 15.2. The maximum Gasteiger partial charge on any atom is 0.0436 e. The molecule has 1 heteroatoms. The van der Waals surface area contributed by atoms with Gasteiger partial charge in [-0.25, -0.2) is 0 Å². The molecule has 0 atom stereocenters. The molecule has 0 saturated heterocycles. The average molecular weight is 400 g/mol. The number of fused-ring (bicyclic) bond motifs is 1. The second-order valence-corrected chi connectivity index (χ2v) is 8.04. The van der Waals surface area contributed by atoms with Gasteiger partial charge in [0.05, 0.1) is 0 Å². The molecule has 0 heterocycles. The van der Waals surface area contributed by atoms with Crippen molar-refractivity contribution in [2.75, 3.05) is 5.73 Å². The van der Waals surface area contributed by atoms with Crippen LogP contribution < -0.4 is 5.73 Å². The summed E-state index contributed by atoms with van der Waals surface area (Å²) >= 11 is 0. The second kappa shape index (κ2) is 8.12. The highest BCUT2D eigenvalue weighted by atomic mass is 14.6. The van der Waals surface area contributed by atoms with Crippen molar-refractivity contribution in [2.24, 2.45) is 0 Å². The molecule has 0 aromatic heterocycles. The first kappa shape index (κ1) is 19.1. The maximum atomic E-state index is 6.88. The average Bonchev–Trinajstić information content (AvgIpc) is 2.83. The predicted octanol–water partition coefficient (Wildman–Crippen LogP) is 7.58. The SMILES string of the molecule is Cc1ccccc1-c1cc(C(c2ccccc2)c2ccccc2)c(N)c2ccccc12. The molecule has 0 spiro atoms. The van der Waals surface area contributed by atoms with Crippen LogP contribution in [0, 0.1) is 6.92 Å². The molecule has 1 nitrogen and oxygen atoms in total.